The fourth-order valence-electron chi connectivity index (χ4n) is 3.11. The first-order chi connectivity index (χ1) is 13.5. The molecule has 0 spiro atoms. The van der Waals surface area contributed by atoms with Gasteiger partial charge < -0.3 is 15.0 Å². The van der Waals surface area contributed by atoms with Crippen LogP contribution in [0.5, 0.6) is 5.75 Å². The Morgan fingerprint density at radius 2 is 1.75 bits per heavy atom. The maximum absolute atomic E-state index is 12.4. The van der Waals surface area contributed by atoms with Gasteiger partial charge in [-0.2, -0.15) is 0 Å². The summed E-state index contributed by atoms with van der Waals surface area (Å²) in [7, 11) is 0. The highest BCUT2D eigenvalue weighted by Crippen LogP contribution is 2.23. The molecule has 148 valence electrons. The van der Waals surface area contributed by atoms with Crippen LogP contribution in [0.1, 0.15) is 29.6 Å². The van der Waals surface area contributed by atoms with E-state index in [4.69, 9.17) is 27.9 Å². The molecule has 0 bridgehead atoms. The zero-order chi connectivity index (χ0) is 19.9. The number of ether oxygens (including phenoxy) is 1. The van der Waals surface area contributed by atoms with Crippen molar-refractivity contribution in [2.75, 3.05) is 19.7 Å². The summed E-state index contributed by atoms with van der Waals surface area (Å²) in [6.45, 7) is 1.60. The summed E-state index contributed by atoms with van der Waals surface area (Å²) in [5.41, 5.74) is 0.478. The first-order valence-corrected chi connectivity index (χ1v) is 10.00. The first kappa shape index (κ1) is 20.5. The molecule has 1 N–H and O–H groups in total. The average molecular weight is 421 g/mol. The number of hydrogen-bond acceptors (Lipinski definition) is 3. The highest BCUT2D eigenvalue weighted by molar-refractivity contribution is 6.42. The lowest BCUT2D eigenvalue weighted by molar-refractivity contribution is -0.132. The van der Waals surface area contributed by atoms with Crippen molar-refractivity contribution in [3.8, 4) is 5.75 Å². The van der Waals surface area contributed by atoms with Gasteiger partial charge in [-0.25, -0.2) is 0 Å². The van der Waals surface area contributed by atoms with Gasteiger partial charge in [-0.3, -0.25) is 9.59 Å². The minimum Gasteiger partial charge on any atom is -0.493 e. The zero-order valence-corrected chi connectivity index (χ0v) is 16.9. The van der Waals surface area contributed by atoms with Crippen molar-refractivity contribution in [2.24, 2.45) is 0 Å². The van der Waals surface area contributed by atoms with Crippen LogP contribution in [0, 0.1) is 0 Å². The molecule has 3 rings (SSSR count). The fourth-order valence-corrected chi connectivity index (χ4v) is 3.41. The lowest BCUT2D eigenvalue weighted by atomic mass is 10.0. The number of carbonyl (C=O) groups is 2. The van der Waals surface area contributed by atoms with E-state index in [1.807, 2.05) is 35.2 Å². The lowest BCUT2D eigenvalue weighted by Crippen LogP contribution is -2.46. The van der Waals surface area contributed by atoms with E-state index in [2.05, 4.69) is 5.32 Å². The Balaban J connectivity index is 1.40. The monoisotopic (exact) mass is 420 g/mol. The minimum atomic E-state index is -0.181. The van der Waals surface area contributed by atoms with Crippen molar-refractivity contribution >= 4 is 35.0 Å². The van der Waals surface area contributed by atoms with Gasteiger partial charge in [-0.05, 0) is 43.2 Å². The van der Waals surface area contributed by atoms with E-state index in [1.165, 1.54) is 0 Å². The number of halogens is 2. The molecule has 0 unspecified atom stereocenters. The topological polar surface area (TPSA) is 58.6 Å². The lowest BCUT2D eigenvalue weighted by Gasteiger charge is -2.32. The van der Waals surface area contributed by atoms with E-state index in [0.29, 0.717) is 41.7 Å². The van der Waals surface area contributed by atoms with E-state index in [0.717, 1.165) is 18.6 Å². The molecule has 0 aliphatic carbocycles. The number of benzene rings is 2. The molecule has 7 heteroatoms. The van der Waals surface area contributed by atoms with Crippen LogP contribution in [-0.2, 0) is 4.79 Å². The van der Waals surface area contributed by atoms with Crippen LogP contribution in [-0.4, -0.2) is 42.5 Å². The summed E-state index contributed by atoms with van der Waals surface area (Å²) in [5, 5.41) is 3.77. The Labute approximate surface area is 174 Å². The summed E-state index contributed by atoms with van der Waals surface area (Å²) >= 11 is 11.9. The molecule has 1 aliphatic rings. The molecule has 0 aromatic heterocycles. The Hall–Kier alpha value is -2.24. The first-order valence-electron chi connectivity index (χ1n) is 9.24. The molecule has 28 heavy (non-hydrogen) atoms. The maximum atomic E-state index is 12.4. The maximum Gasteiger partial charge on any atom is 0.251 e. The number of amides is 2. The van der Waals surface area contributed by atoms with Crippen LogP contribution in [0.15, 0.2) is 48.5 Å². The smallest absolute Gasteiger partial charge is 0.251 e. The van der Waals surface area contributed by atoms with Gasteiger partial charge in [0.25, 0.3) is 5.91 Å². The number of nitrogens with one attached hydrogen (secondary N) is 1. The molecule has 2 amide bonds. The van der Waals surface area contributed by atoms with Crippen LogP contribution < -0.4 is 10.1 Å². The number of likely N-dealkylation sites (tertiary alicyclic amines) is 1. The van der Waals surface area contributed by atoms with Crippen molar-refractivity contribution in [2.45, 2.75) is 25.3 Å². The second kappa shape index (κ2) is 9.80. The van der Waals surface area contributed by atoms with Gasteiger partial charge in [0.05, 0.1) is 23.1 Å². The molecule has 0 saturated carbocycles. The molecular weight excluding hydrogens is 399 g/mol. The highest BCUT2D eigenvalue weighted by atomic mass is 35.5. The van der Waals surface area contributed by atoms with Gasteiger partial charge in [-0.1, -0.05) is 41.4 Å². The number of piperidine rings is 1. The van der Waals surface area contributed by atoms with Crippen molar-refractivity contribution in [1.82, 2.24) is 10.2 Å². The SMILES string of the molecule is O=C(NC1CCN(C(=O)CCOc2ccccc2)CC1)c1ccc(Cl)c(Cl)c1. The van der Waals surface area contributed by atoms with Crippen LogP contribution in [0.2, 0.25) is 10.0 Å². The minimum absolute atomic E-state index is 0.0339. The number of hydrogen-bond donors (Lipinski definition) is 1. The quantitative estimate of drug-likeness (QED) is 0.761. The van der Waals surface area contributed by atoms with E-state index in [-0.39, 0.29) is 17.9 Å². The molecule has 1 aliphatic heterocycles. The van der Waals surface area contributed by atoms with Gasteiger partial charge in [0, 0.05) is 24.7 Å². The summed E-state index contributed by atoms with van der Waals surface area (Å²) in [4.78, 5) is 26.5. The molecule has 1 fully saturated rings. The van der Waals surface area contributed by atoms with E-state index < -0.39 is 0 Å². The molecule has 2 aromatic rings. The van der Waals surface area contributed by atoms with Crippen molar-refractivity contribution in [3.63, 3.8) is 0 Å². The van der Waals surface area contributed by atoms with Gasteiger partial charge in [0.2, 0.25) is 5.91 Å². The van der Waals surface area contributed by atoms with E-state index >= 15 is 0 Å². The van der Waals surface area contributed by atoms with Gasteiger partial charge >= 0.3 is 0 Å². The Kier molecular flexibility index (Phi) is 7.18. The van der Waals surface area contributed by atoms with Crippen LogP contribution in [0.3, 0.4) is 0 Å². The normalized spacial score (nSPS) is 14.6. The van der Waals surface area contributed by atoms with Crippen molar-refractivity contribution < 1.29 is 14.3 Å². The van der Waals surface area contributed by atoms with Gasteiger partial charge in [0.15, 0.2) is 0 Å². The molecule has 0 radical (unpaired) electrons. The highest BCUT2D eigenvalue weighted by Gasteiger charge is 2.24. The van der Waals surface area contributed by atoms with Crippen LogP contribution >= 0.6 is 23.2 Å². The molecule has 1 saturated heterocycles. The molecule has 5 nitrogen and oxygen atoms in total. The third-order valence-corrected chi connectivity index (χ3v) is 5.43. The van der Waals surface area contributed by atoms with Gasteiger partial charge in [-0.15, -0.1) is 0 Å². The largest absolute Gasteiger partial charge is 0.493 e. The fraction of sp³-hybridized carbons (Fsp3) is 0.333. The third kappa shape index (κ3) is 5.63. The second-order valence-corrected chi connectivity index (χ2v) is 7.48. The predicted octanol–water partition coefficient (Wildman–Crippen LogP) is 4.18. The molecular formula is C21H22Cl2N2O3. The number of para-hydroxylation sites is 1. The summed E-state index contributed by atoms with van der Waals surface area (Å²) in [6.07, 6.45) is 1.78. The predicted molar refractivity (Wildman–Crippen MR) is 110 cm³/mol. The Bertz CT molecular complexity index is 822. The molecule has 1 heterocycles. The third-order valence-electron chi connectivity index (χ3n) is 4.69. The molecule has 2 aromatic carbocycles. The number of carbonyl (C=O) groups excluding carboxylic acids is 2. The van der Waals surface area contributed by atoms with Crippen LogP contribution in [0.25, 0.3) is 0 Å². The number of nitrogens with zero attached hydrogens (tertiary/aromatic N) is 1. The number of rotatable bonds is 6. The second-order valence-electron chi connectivity index (χ2n) is 6.67. The van der Waals surface area contributed by atoms with Crippen LogP contribution in [0.4, 0.5) is 0 Å². The van der Waals surface area contributed by atoms with Crippen molar-refractivity contribution in [3.05, 3.63) is 64.1 Å². The molecule has 0 atom stereocenters. The Morgan fingerprint density at radius 1 is 1.04 bits per heavy atom. The summed E-state index contributed by atoms with van der Waals surface area (Å²) < 4.78 is 5.58. The zero-order valence-electron chi connectivity index (χ0n) is 15.4. The summed E-state index contributed by atoms with van der Waals surface area (Å²) in [5.74, 6) is 0.656. The standard InChI is InChI=1S/C21H22Cl2N2O3/c22-18-7-6-15(14-19(18)23)21(27)24-16-8-11-25(12-9-16)20(26)10-13-28-17-4-2-1-3-5-17/h1-7,14,16H,8-13H2,(H,24,27). The average Bonchev–Trinajstić information content (AvgIpc) is 2.71. The van der Waals surface area contributed by atoms with E-state index in [1.54, 1.807) is 18.2 Å². The summed E-state index contributed by atoms with van der Waals surface area (Å²) in [6, 6.07) is 14.3. The van der Waals surface area contributed by atoms with Gasteiger partial charge in [0.1, 0.15) is 5.75 Å². The van der Waals surface area contributed by atoms with E-state index in [9.17, 15) is 9.59 Å². The Morgan fingerprint density at radius 3 is 2.43 bits per heavy atom. The van der Waals surface area contributed by atoms with Crippen molar-refractivity contribution in [1.29, 1.82) is 0 Å².